The van der Waals surface area contributed by atoms with Crippen molar-refractivity contribution in [2.45, 2.75) is 27.7 Å². The molecule has 0 aliphatic heterocycles. The third-order valence-electron chi connectivity index (χ3n) is 1.52. The number of aliphatic imine (C=N–C) groups is 2. The van der Waals surface area contributed by atoms with Crippen LogP contribution in [0.5, 0.6) is 0 Å². The Kier molecular flexibility index (Phi) is 24.8. The van der Waals surface area contributed by atoms with E-state index < -0.39 is 0 Å². The first-order chi connectivity index (χ1) is 8.79. The molecule has 0 saturated carbocycles. The van der Waals surface area contributed by atoms with Crippen molar-refractivity contribution in [3.05, 3.63) is 49.6 Å². The SMILES string of the molecule is C=C/C=C\C(=NC)C(/C=C\C=C)=NC.CC.CC. The van der Waals surface area contributed by atoms with Gasteiger partial charge in [0.1, 0.15) is 0 Å². The molecule has 2 nitrogen and oxygen atoms in total. The predicted molar refractivity (Wildman–Crippen MR) is 88.1 cm³/mol. The van der Waals surface area contributed by atoms with Gasteiger partial charge in [0.2, 0.25) is 0 Å². The summed E-state index contributed by atoms with van der Waals surface area (Å²) in [5.41, 5.74) is 1.65. The second-order valence-corrected chi connectivity index (χ2v) is 2.41. The van der Waals surface area contributed by atoms with Crippen molar-refractivity contribution < 1.29 is 0 Å². The van der Waals surface area contributed by atoms with Crippen LogP contribution in [0.3, 0.4) is 0 Å². The van der Waals surface area contributed by atoms with Gasteiger partial charge in [0.05, 0.1) is 11.4 Å². The quantitative estimate of drug-likeness (QED) is 0.499. The van der Waals surface area contributed by atoms with E-state index in [9.17, 15) is 0 Å². The highest BCUT2D eigenvalue weighted by atomic mass is 14.8. The average Bonchev–Trinajstić information content (AvgIpc) is 2.47. The number of allylic oxidation sites excluding steroid dienone is 6. The summed E-state index contributed by atoms with van der Waals surface area (Å²) in [5.74, 6) is 0. The zero-order valence-corrected chi connectivity index (χ0v) is 12.8. The van der Waals surface area contributed by atoms with Crippen molar-refractivity contribution in [1.82, 2.24) is 0 Å². The molecule has 0 aliphatic carbocycles. The summed E-state index contributed by atoms with van der Waals surface area (Å²) in [6.45, 7) is 15.2. The van der Waals surface area contributed by atoms with Crippen molar-refractivity contribution in [2.75, 3.05) is 14.1 Å². The molecule has 0 aromatic carbocycles. The Morgan fingerprint density at radius 2 is 1.00 bits per heavy atom. The number of rotatable bonds is 5. The van der Waals surface area contributed by atoms with Gasteiger partial charge in [0.25, 0.3) is 0 Å². The standard InChI is InChI=1S/C12H16N2.2C2H6/c1-5-7-9-11(13-3)12(14-4)10-8-6-2;2*1-2/h5-10H,1-2H2,3-4H3;2*1-2H3/b9-7-,10-8-,13-11?,14-12?;;. The summed E-state index contributed by atoms with van der Waals surface area (Å²) in [4.78, 5) is 8.23. The number of hydrogen-bond donors (Lipinski definition) is 0. The van der Waals surface area contributed by atoms with Crippen molar-refractivity contribution in [3.8, 4) is 0 Å². The summed E-state index contributed by atoms with van der Waals surface area (Å²) in [7, 11) is 3.46. The van der Waals surface area contributed by atoms with Crippen molar-refractivity contribution >= 4 is 11.4 Å². The van der Waals surface area contributed by atoms with E-state index in [-0.39, 0.29) is 0 Å². The molecule has 0 amide bonds. The van der Waals surface area contributed by atoms with E-state index in [4.69, 9.17) is 0 Å². The summed E-state index contributed by atoms with van der Waals surface area (Å²) < 4.78 is 0. The summed E-state index contributed by atoms with van der Waals surface area (Å²) in [6.07, 6.45) is 10.8. The third-order valence-corrected chi connectivity index (χ3v) is 1.52. The van der Waals surface area contributed by atoms with Crippen LogP contribution in [0.1, 0.15) is 27.7 Å². The molecule has 0 fully saturated rings. The fourth-order valence-corrected chi connectivity index (χ4v) is 0.867. The molecule has 0 N–H and O–H groups in total. The highest BCUT2D eigenvalue weighted by Gasteiger charge is 1.98. The van der Waals surface area contributed by atoms with Gasteiger partial charge < -0.3 is 0 Å². The Morgan fingerprint density at radius 3 is 1.17 bits per heavy atom. The molecule has 0 saturated heterocycles. The second kappa shape index (κ2) is 20.7. The van der Waals surface area contributed by atoms with E-state index in [1.54, 1.807) is 26.2 Å². The maximum atomic E-state index is 4.12. The van der Waals surface area contributed by atoms with Crippen molar-refractivity contribution in [3.63, 3.8) is 0 Å². The van der Waals surface area contributed by atoms with Crippen LogP contribution >= 0.6 is 0 Å². The molecular formula is C16H28N2. The van der Waals surface area contributed by atoms with Crippen LogP contribution in [0.2, 0.25) is 0 Å². The van der Waals surface area contributed by atoms with Crippen molar-refractivity contribution in [1.29, 1.82) is 0 Å². The first kappa shape index (κ1) is 21.6. The smallest absolute Gasteiger partial charge is 0.0822 e. The molecule has 0 aliphatic rings. The molecular weight excluding hydrogens is 220 g/mol. The fourth-order valence-electron chi connectivity index (χ4n) is 0.867. The Morgan fingerprint density at radius 1 is 0.722 bits per heavy atom. The van der Waals surface area contributed by atoms with Crippen LogP contribution in [-0.2, 0) is 0 Å². The van der Waals surface area contributed by atoms with E-state index in [1.807, 2.05) is 52.0 Å². The Hall–Kier alpha value is -1.70. The molecule has 0 bridgehead atoms. The van der Waals surface area contributed by atoms with Crippen LogP contribution in [0.4, 0.5) is 0 Å². The topological polar surface area (TPSA) is 24.7 Å². The monoisotopic (exact) mass is 248 g/mol. The first-order valence-corrected chi connectivity index (χ1v) is 6.32. The molecule has 0 radical (unpaired) electrons. The van der Waals surface area contributed by atoms with Crippen LogP contribution < -0.4 is 0 Å². The largest absolute Gasteiger partial charge is 0.286 e. The highest BCUT2D eigenvalue weighted by molar-refractivity contribution is 6.50. The molecule has 18 heavy (non-hydrogen) atoms. The van der Waals surface area contributed by atoms with Gasteiger partial charge in [-0.15, -0.1) is 0 Å². The Bertz CT molecular complexity index is 273. The highest BCUT2D eigenvalue weighted by Crippen LogP contribution is 1.91. The van der Waals surface area contributed by atoms with Crippen LogP contribution in [0.15, 0.2) is 59.6 Å². The van der Waals surface area contributed by atoms with E-state index in [1.165, 1.54) is 0 Å². The van der Waals surface area contributed by atoms with Gasteiger partial charge in [-0.1, -0.05) is 65.2 Å². The van der Waals surface area contributed by atoms with E-state index in [0.29, 0.717) is 0 Å². The number of nitrogens with zero attached hydrogens (tertiary/aromatic N) is 2. The van der Waals surface area contributed by atoms with Gasteiger partial charge in [-0.2, -0.15) is 0 Å². The molecule has 102 valence electrons. The van der Waals surface area contributed by atoms with Crippen LogP contribution in [0.25, 0.3) is 0 Å². The lowest BCUT2D eigenvalue weighted by Gasteiger charge is -1.98. The Labute approximate surface area is 113 Å². The molecule has 0 atom stereocenters. The minimum absolute atomic E-state index is 0.825. The van der Waals surface area contributed by atoms with Crippen LogP contribution in [0, 0.1) is 0 Å². The van der Waals surface area contributed by atoms with Gasteiger partial charge in [-0.25, -0.2) is 0 Å². The zero-order valence-electron chi connectivity index (χ0n) is 12.8. The number of hydrogen-bond acceptors (Lipinski definition) is 2. The van der Waals surface area contributed by atoms with Gasteiger partial charge >= 0.3 is 0 Å². The normalized spacial score (nSPS) is 11.4. The van der Waals surface area contributed by atoms with Gasteiger partial charge in [-0.3, -0.25) is 9.98 Å². The van der Waals surface area contributed by atoms with Crippen molar-refractivity contribution in [2.24, 2.45) is 9.98 Å². The lowest BCUT2D eigenvalue weighted by Crippen LogP contribution is -2.08. The molecule has 0 rings (SSSR count). The lowest BCUT2D eigenvalue weighted by atomic mass is 10.2. The lowest BCUT2D eigenvalue weighted by molar-refractivity contribution is 1.43. The molecule has 0 aromatic heterocycles. The van der Waals surface area contributed by atoms with E-state index in [2.05, 4.69) is 23.1 Å². The van der Waals surface area contributed by atoms with Gasteiger partial charge in [-0.05, 0) is 12.2 Å². The molecule has 0 unspecified atom stereocenters. The first-order valence-electron chi connectivity index (χ1n) is 6.32. The summed E-state index contributed by atoms with van der Waals surface area (Å²) >= 11 is 0. The summed E-state index contributed by atoms with van der Waals surface area (Å²) in [6, 6.07) is 0. The average molecular weight is 248 g/mol. The molecule has 0 spiro atoms. The molecule has 2 heteroatoms. The van der Waals surface area contributed by atoms with Gasteiger partial charge in [0.15, 0.2) is 0 Å². The minimum Gasteiger partial charge on any atom is -0.286 e. The van der Waals surface area contributed by atoms with E-state index in [0.717, 1.165) is 11.4 Å². The molecule has 0 aromatic rings. The minimum atomic E-state index is 0.825. The zero-order chi connectivity index (χ0) is 14.8. The maximum absolute atomic E-state index is 4.12. The summed E-state index contributed by atoms with van der Waals surface area (Å²) in [5, 5.41) is 0. The fraction of sp³-hybridized carbons (Fsp3) is 0.375. The third kappa shape index (κ3) is 12.4. The predicted octanol–water partition coefficient (Wildman–Crippen LogP) is 4.66. The molecule has 0 heterocycles. The second-order valence-electron chi connectivity index (χ2n) is 2.41. The van der Waals surface area contributed by atoms with E-state index >= 15 is 0 Å². The van der Waals surface area contributed by atoms with Crippen LogP contribution in [-0.4, -0.2) is 25.5 Å². The van der Waals surface area contributed by atoms with Gasteiger partial charge in [0, 0.05) is 14.1 Å². The Balaban J connectivity index is -0.000000506. The maximum Gasteiger partial charge on any atom is 0.0822 e.